The number of aromatic nitrogens is 3. The van der Waals surface area contributed by atoms with E-state index in [1.54, 1.807) is 0 Å². The summed E-state index contributed by atoms with van der Waals surface area (Å²) < 4.78 is 2.02. The van der Waals surface area contributed by atoms with E-state index < -0.39 is 0 Å². The molecule has 0 unspecified atom stereocenters. The molecule has 0 bridgehead atoms. The Balaban J connectivity index is 1.82. The second-order valence-electron chi connectivity index (χ2n) is 5.07. The molecule has 0 spiro atoms. The number of hydrogen-bond donors (Lipinski definition) is 1. The Bertz CT molecular complexity index is 730. The fourth-order valence-corrected chi connectivity index (χ4v) is 2.60. The van der Waals surface area contributed by atoms with Gasteiger partial charge in [-0.3, -0.25) is 4.40 Å². The van der Waals surface area contributed by atoms with Gasteiger partial charge >= 0.3 is 0 Å². The van der Waals surface area contributed by atoms with Gasteiger partial charge in [-0.15, -0.1) is 10.2 Å². The molecule has 0 aliphatic heterocycles. The molecule has 1 aromatic carbocycles. The number of benzene rings is 1. The zero-order valence-electron chi connectivity index (χ0n) is 12.6. The molecule has 0 fully saturated rings. The molecule has 0 aliphatic rings. The number of nitrogens with one attached hydrogen (secondary N) is 1. The summed E-state index contributed by atoms with van der Waals surface area (Å²) >= 11 is 0. The van der Waals surface area contributed by atoms with Crippen LogP contribution in [0.5, 0.6) is 0 Å². The van der Waals surface area contributed by atoms with Crippen molar-refractivity contribution in [1.82, 2.24) is 19.5 Å². The van der Waals surface area contributed by atoms with Crippen LogP contribution in [0.3, 0.4) is 0 Å². The van der Waals surface area contributed by atoms with Crippen molar-refractivity contribution < 1.29 is 0 Å². The maximum Gasteiger partial charge on any atom is 0.229 e. The van der Waals surface area contributed by atoms with Crippen molar-refractivity contribution >= 4 is 22.4 Å². The van der Waals surface area contributed by atoms with Crippen molar-refractivity contribution in [3.05, 3.63) is 36.5 Å². The number of likely N-dealkylation sites (N-methyl/N-ethyl adjacent to an activating group) is 1. The third kappa shape index (κ3) is 2.69. The third-order valence-corrected chi connectivity index (χ3v) is 3.91. The van der Waals surface area contributed by atoms with Gasteiger partial charge < -0.3 is 10.2 Å². The summed E-state index contributed by atoms with van der Waals surface area (Å²) in [4.78, 5) is 2.38. The third-order valence-electron chi connectivity index (χ3n) is 3.91. The molecular weight excluding hydrogens is 262 g/mol. The van der Waals surface area contributed by atoms with Gasteiger partial charge in [0.05, 0.1) is 0 Å². The first-order valence-corrected chi connectivity index (χ1v) is 7.52. The zero-order chi connectivity index (χ0) is 14.7. The van der Waals surface area contributed by atoms with Crippen LogP contribution in [0.4, 0.5) is 5.95 Å². The molecule has 0 saturated heterocycles. The summed E-state index contributed by atoms with van der Waals surface area (Å²) in [6.45, 7) is 8.39. The normalized spacial score (nSPS) is 11.6. The number of anilines is 1. The fraction of sp³-hybridized carbons (Fsp3) is 0.375. The molecular formula is C16H21N5. The minimum absolute atomic E-state index is 0.808. The standard InChI is InChI=1S/C16H21N5/c1-3-20(4-2)12-10-17-16-19-18-15-14-8-6-5-7-13(14)9-11-21(15)16/h5-9,11H,3-4,10,12H2,1-2H3,(H,17,19). The van der Waals surface area contributed by atoms with Crippen LogP contribution in [0.15, 0.2) is 36.5 Å². The number of pyridine rings is 1. The molecule has 5 heteroatoms. The molecule has 0 saturated carbocycles. The molecule has 2 heterocycles. The van der Waals surface area contributed by atoms with E-state index in [9.17, 15) is 0 Å². The van der Waals surface area contributed by atoms with Crippen molar-refractivity contribution in [2.75, 3.05) is 31.5 Å². The summed E-state index contributed by atoms with van der Waals surface area (Å²) in [5.41, 5.74) is 0.901. The molecule has 21 heavy (non-hydrogen) atoms. The predicted molar refractivity (Wildman–Crippen MR) is 86.8 cm³/mol. The number of hydrogen-bond acceptors (Lipinski definition) is 4. The molecule has 2 aromatic heterocycles. The Morgan fingerprint density at radius 1 is 1.10 bits per heavy atom. The van der Waals surface area contributed by atoms with Crippen LogP contribution in [0.2, 0.25) is 0 Å². The van der Waals surface area contributed by atoms with E-state index in [1.807, 2.05) is 22.7 Å². The highest BCUT2D eigenvalue weighted by Crippen LogP contribution is 2.20. The van der Waals surface area contributed by atoms with Crippen LogP contribution in [-0.4, -0.2) is 45.7 Å². The number of rotatable bonds is 6. The highest BCUT2D eigenvalue weighted by atomic mass is 15.3. The summed E-state index contributed by atoms with van der Waals surface area (Å²) in [7, 11) is 0. The van der Waals surface area contributed by atoms with E-state index in [1.165, 1.54) is 5.39 Å². The van der Waals surface area contributed by atoms with Crippen LogP contribution < -0.4 is 5.32 Å². The molecule has 3 aromatic rings. The molecule has 3 rings (SSSR count). The lowest BCUT2D eigenvalue weighted by molar-refractivity contribution is 0.316. The van der Waals surface area contributed by atoms with Crippen molar-refractivity contribution in [2.45, 2.75) is 13.8 Å². The minimum atomic E-state index is 0.808. The summed E-state index contributed by atoms with van der Waals surface area (Å²) in [6, 6.07) is 10.3. The SMILES string of the molecule is CCN(CC)CCNc1nnc2c3ccccc3ccn12. The van der Waals surface area contributed by atoms with E-state index >= 15 is 0 Å². The van der Waals surface area contributed by atoms with Gasteiger partial charge in [-0.2, -0.15) is 0 Å². The first-order chi connectivity index (χ1) is 10.3. The first kappa shape index (κ1) is 13.8. The minimum Gasteiger partial charge on any atom is -0.353 e. The Morgan fingerprint density at radius 3 is 2.71 bits per heavy atom. The second kappa shape index (κ2) is 6.10. The van der Waals surface area contributed by atoms with Gasteiger partial charge in [0, 0.05) is 24.7 Å². The van der Waals surface area contributed by atoms with Gasteiger partial charge in [0.15, 0.2) is 5.65 Å². The summed E-state index contributed by atoms with van der Waals surface area (Å²) in [5.74, 6) is 0.808. The Morgan fingerprint density at radius 2 is 1.90 bits per heavy atom. The van der Waals surface area contributed by atoms with Gasteiger partial charge in [-0.25, -0.2) is 0 Å². The maximum atomic E-state index is 4.32. The number of nitrogens with zero attached hydrogens (tertiary/aromatic N) is 4. The molecule has 0 radical (unpaired) electrons. The summed E-state index contributed by atoms with van der Waals surface area (Å²) in [5, 5.41) is 14.3. The smallest absolute Gasteiger partial charge is 0.229 e. The Hall–Kier alpha value is -2.14. The van der Waals surface area contributed by atoms with E-state index in [0.29, 0.717) is 0 Å². The monoisotopic (exact) mass is 283 g/mol. The Kier molecular flexibility index (Phi) is 4.01. The van der Waals surface area contributed by atoms with Crippen LogP contribution in [0.1, 0.15) is 13.8 Å². The van der Waals surface area contributed by atoms with E-state index in [0.717, 1.165) is 43.2 Å². The van der Waals surface area contributed by atoms with E-state index in [-0.39, 0.29) is 0 Å². The van der Waals surface area contributed by atoms with Crippen LogP contribution in [-0.2, 0) is 0 Å². The molecule has 5 nitrogen and oxygen atoms in total. The van der Waals surface area contributed by atoms with E-state index in [4.69, 9.17) is 0 Å². The van der Waals surface area contributed by atoms with Gasteiger partial charge in [0.1, 0.15) is 0 Å². The number of fused-ring (bicyclic) bond motifs is 3. The average Bonchev–Trinajstić information content (AvgIpc) is 2.95. The average molecular weight is 283 g/mol. The highest BCUT2D eigenvalue weighted by molar-refractivity contribution is 5.94. The predicted octanol–water partition coefficient (Wildman–Crippen LogP) is 2.64. The molecule has 0 atom stereocenters. The molecule has 1 N–H and O–H groups in total. The lowest BCUT2D eigenvalue weighted by Gasteiger charge is -2.17. The Labute approximate surface area is 124 Å². The van der Waals surface area contributed by atoms with Gasteiger partial charge in [-0.1, -0.05) is 38.1 Å². The second-order valence-corrected chi connectivity index (χ2v) is 5.07. The van der Waals surface area contributed by atoms with Crippen LogP contribution >= 0.6 is 0 Å². The van der Waals surface area contributed by atoms with Crippen LogP contribution in [0, 0.1) is 0 Å². The topological polar surface area (TPSA) is 45.5 Å². The molecule has 110 valence electrons. The lowest BCUT2D eigenvalue weighted by Crippen LogP contribution is -2.28. The fourth-order valence-electron chi connectivity index (χ4n) is 2.60. The molecule has 0 amide bonds. The zero-order valence-corrected chi connectivity index (χ0v) is 12.6. The van der Waals surface area contributed by atoms with Crippen molar-refractivity contribution in [3.8, 4) is 0 Å². The van der Waals surface area contributed by atoms with Crippen molar-refractivity contribution in [3.63, 3.8) is 0 Å². The highest BCUT2D eigenvalue weighted by Gasteiger charge is 2.08. The lowest BCUT2D eigenvalue weighted by atomic mass is 10.2. The largest absolute Gasteiger partial charge is 0.353 e. The first-order valence-electron chi connectivity index (χ1n) is 7.52. The quantitative estimate of drug-likeness (QED) is 0.755. The molecule has 0 aliphatic carbocycles. The van der Waals surface area contributed by atoms with Crippen LogP contribution in [0.25, 0.3) is 16.4 Å². The van der Waals surface area contributed by atoms with Gasteiger partial charge in [0.25, 0.3) is 0 Å². The van der Waals surface area contributed by atoms with Crippen molar-refractivity contribution in [2.24, 2.45) is 0 Å². The maximum absolute atomic E-state index is 4.32. The van der Waals surface area contributed by atoms with Gasteiger partial charge in [0.2, 0.25) is 5.95 Å². The van der Waals surface area contributed by atoms with E-state index in [2.05, 4.69) is 52.5 Å². The summed E-state index contributed by atoms with van der Waals surface area (Å²) in [6.07, 6.45) is 2.03. The van der Waals surface area contributed by atoms with Crippen molar-refractivity contribution in [1.29, 1.82) is 0 Å². The van der Waals surface area contributed by atoms with Gasteiger partial charge in [-0.05, 0) is 24.5 Å².